The van der Waals surface area contributed by atoms with Crippen LogP contribution in [0, 0.1) is 29.7 Å². The minimum atomic E-state index is -0.655. The maximum Gasteiger partial charge on any atom is 0.508 e. The average Bonchev–Trinajstić information content (AvgIpc) is 1.49. The van der Waals surface area contributed by atoms with Crippen molar-refractivity contribution in [2.24, 2.45) is 11.5 Å². The van der Waals surface area contributed by atoms with E-state index in [9.17, 15) is 19.2 Å². The number of thiocarbonyl (C=S) groups is 2. The number of aliphatic hydroxyl groups excluding tert-OH is 2. The zero-order valence-corrected chi connectivity index (χ0v) is 79.5. The molecule has 0 bridgehead atoms. The normalized spacial score (nSPS) is 9.48. The van der Waals surface area contributed by atoms with Crippen LogP contribution in [0.4, 0.5) is 19.2 Å². The molecule has 2 aliphatic heterocycles. The molecule has 0 radical (unpaired) electrons. The smallest absolute Gasteiger partial charge is 0.438 e. The zero-order valence-electron chi connectivity index (χ0n) is 66.5. The summed E-state index contributed by atoms with van der Waals surface area (Å²) in [6.07, 6.45) is 37.9. The molecule has 4 aliphatic rings. The highest BCUT2D eigenvalue weighted by Crippen LogP contribution is 2.29. The molecule has 2 aromatic rings. The molecule has 0 spiro atoms. The van der Waals surface area contributed by atoms with Crippen molar-refractivity contribution in [1.29, 1.82) is 0 Å². The number of allylic oxidation sites excluding steroid dienone is 10. The highest BCUT2D eigenvalue weighted by Gasteiger charge is 2.04. The summed E-state index contributed by atoms with van der Waals surface area (Å²) in [6.45, 7) is 8.75. The standard InChI is InChI=1S/2C10H12O3S2.2C7H6S.2C5H10O3S2.2C2H4S.4C2H6S.2CH5N.4CO2.2CH4O.4CH3/c2*1-12-10(11)13-7-8-3-5-9(6-4-8)15-14-2;2*1-6-2-4-7(8)5-3-6;2*1-7-5(6)8-3-4-10-9-2;2*1-2-3-1;4*1-3-2;2*1-2;4*2-1-3;2*1-2;;;;/h2*3-6H,7H2,1-2H3;2*2-5H,1H2;2*3-4H2,1-2H3;2*1-2H2;4*1-2H3;2*2H2,1H3;;;;;2*2H,1H3;4*1H3/q;;;;;;;;;;;;;;;;;;;;4*-1. The Labute approximate surface area is 715 Å². The molecule has 0 unspecified atom stereocenters. The summed E-state index contributed by atoms with van der Waals surface area (Å²) in [6, 6.07) is 15.7. The Balaban J connectivity index is -0.0000000514. The first-order valence-electron chi connectivity index (χ1n) is 27.7. The lowest BCUT2D eigenvalue weighted by Crippen LogP contribution is -2.06. The van der Waals surface area contributed by atoms with Gasteiger partial charge in [-0.25, -0.2) is 19.2 Å². The molecule has 0 atom stereocenters. The van der Waals surface area contributed by atoms with E-state index in [2.05, 4.69) is 53.0 Å². The lowest BCUT2D eigenvalue weighted by Gasteiger charge is -2.03. The van der Waals surface area contributed by atoms with E-state index in [4.69, 9.17) is 82.5 Å². The van der Waals surface area contributed by atoms with Gasteiger partial charge >= 0.3 is 49.2 Å². The minimum Gasteiger partial charge on any atom is -0.438 e. The second-order valence-corrected chi connectivity index (χ2v) is 31.3. The van der Waals surface area contributed by atoms with Crippen molar-refractivity contribution in [1.82, 2.24) is 0 Å². The summed E-state index contributed by atoms with van der Waals surface area (Å²) in [7, 11) is 23.5. The maximum atomic E-state index is 10.7. The van der Waals surface area contributed by atoms with Crippen molar-refractivity contribution in [3.63, 3.8) is 0 Å². The Bertz CT molecular complexity index is 2190. The van der Waals surface area contributed by atoms with E-state index in [0.717, 1.165) is 57.7 Å². The number of carbonyl (C=O) groups excluding carboxylic acids is 12. The molecule has 24 nitrogen and oxygen atoms in total. The average molecular weight is 1830 g/mol. The van der Waals surface area contributed by atoms with E-state index in [-0.39, 0.29) is 67.5 Å². The summed E-state index contributed by atoms with van der Waals surface area (Å²) < 4.78 is 36.0. The molecular weight excluding hydrogens is 1710 g/mol. The predicted octanol–water partition coefficient (Wildman–Crippen LogP) is 17.5. The molecule has 2 saturated heterocycles. The molecule has 6 N–H and O–H groups in total. The summed E-state index contributed by atoms with van der Waals surface area (Å²) in [5.41, 5.74) is 12.9. The number of thioether (sulfide) groups is 6. The Morgan fingerprint density at radius 1 is 0.398 bits per heavy atom. The van der Waals surface area contributed by atoms with Gasteiger partial charge in [0.25, 0.3) is 0 Å². The van der Waals surface area contributed by atoms with Crippen molar-refractivity contribution in [2.45, 2.75) is 23.0 Å². The first kappa shape index (κ1) is 150. The van der Waals surface area contributed by atoms with Gasteiger partial charge in [0.05, 0.1) is 28.4 Å². The van der Waals surface area contributed by atoms with Gasteiger partial charge in [0.1, 0.15) is 26.4 Å². The van der Waals surface area contributed by atoms with E-state index < -0.39 is 24.6 Å². The van der Waals surface area contributed by atoms with Crippen molar-refractivity contribution in [3.8, 4) is 0 Å². The fourth-order valence-corrected chi connectivity index (χ4v) is 8.48. The quantitative estimate of drug-likeness (QED) is 0.0231. The van der Waals surface area contributed by atoms with Crippen molar-refractivity contribution < 1.29 is 106 Å². The second-order valence-electron chi connectivity index (χ2n) is 14.3. The van der Waals surface area contributed by atoms with E-state index in [1.165, 1.54) is 75.3 Å². The van der Waals surface area contributed by atoms with Gasteiger partial charge < -0.3 is 89.3 Å². The topological polar surface area (TPSA) is 371 Å². The minimum absolute atomic E-state index is 0. The molecule has 2 fully saturated rings. The van der Waals surface area contributed by atoms with Crippen LogP contribution in [0.15, 0.2) is 131 Å². The maximum absolute atomic E-state index is 10.7. The van der Waals surface area contributed by atoms with Gasteiger partial charge in [-0.3, -0.25) is 0 Å². The van der Waals surface area contributed by atoms with Crippen LogP contribution in [0.5, 0.6) is 0 Å². The monoisotopic (exact) mass is 1830 g/mol. The molecular formula is C68H118N2O22S16-4. The van der Waals surface area contributed by atoms with E-state index in [1.54, 1.807) is 133 Å². The number of carbonyl (C=O) groups is 4. The van der Waals surface area contributed by atoms with Gasteiger partial charge in [-0.1, -0.05) is 173 Å². The number of ether oxygens (including phenoxy) is 8. The molecule has 0 amide bonds. The summed E-state index contributed by atoms with van der Waals surface area (Å²) in [5, 5.41) is 14.0. The van der Waals surface area contributed by atoms with Gasteiger partial charge in [-0.15, -0.1) is 0 Å². The Kier molecular flexibility index (Phi) is 211. The molecule has 0 saturated carbocycles. The van der Waals surface area contributed by atoms with Crippen molar-refractivity contribution >= 4 is 240 Å². The Morgan fingerprint density at radius 2 is 0.583 bits per heavy atom. The van der Waals surface area contributed by atoms with Crippen LogP contribution in [0.3, 0.4) is 0 Å². The third-order valence-electron chi connectivity index (χ3n) is 6.85. The van der Waals surface area contributed by atoms with Gasteiger partial charge in [0.2, 0.25) is 0 Å². The van der Waals surface area contributed by atoms with Gasteiger partial charge in [-0.2, -0.15) is 109 Å². The van der Waals surface area contributed by atoms with Crippen LogP contribution >= 0.6 is 181 Å². The summed E-state index contributed by atoms with van der Waals surface area (Å²) >= 11 is 20.7. The van der Waals surface area contributed by atoms with E-state index in [0.29, 0.717) is 13.2 Å². The van der Waals surface area contributed by atoms with Crippen LogP contribution in [-0.2, 0) is 89.5 Å². The lowest BCUT2D eigenvalue weighted by atomic mass is 10.1. The number of methoxy groups -OCH3 is 4. The number of rotatable bonds is 16. The number of nitrogens with two attached hydrogens (primary N) is 2. The third kappa shape index (κ3) is 190. The molecule has 2 aromatic carbocycles. The number of aliphatic hydroxyl groups is 2. The highest BCUT2D eigenvalue weighted by molar-refractivity contribution is 8.77. The number of benzene rings is 2. The van der Waals surface area contributed by atoms with Crippen LogP contribution in [-0.4, -0.2) is 249 Å². The summed E-state index contributed by atoms with van der Waals surface area (Å²) in [4.78, 5) is 111. The molecule has 6 rings (SSSR count). The Hall–Kier alpha value is -3.60. The summed E-state index contributed by atoms with van der Waals surface area (Å²) in [5.74, 6) is 7.27. The molecule has 108 heavy (non-hydrogen) atoms. The van der Waals surface area contributed by atoms with E-state index in [1.807, 2.05) is 196 Å². The fraction of sp³-hybridized carbons (Fsp3) is 0.441. The molecule has 2 aliphatic carbocycles. The number of hydrogen-bond acceptors (Lipinski definition) is 40. The first-order valence-corrected chi connectivity index (χ1v) is 48.0. The molecule has 40 heteroatoms. The van der Waals surface area contributed by atoms with Crippen LogP contribution < -0.4 is 11.5 Å². The highest BCUT2D eigenvalue weighted by atomic mass is 33.1. The van der Waals surface area contributed by atoms with E-state index >= 15 is 0 Å². The fourth-order valence-electron chi connectivity index (χ4n) is 3.46. The van der Waals surface area contributed by atoms with Gasteiger partial charge in [-0.05, 0) is 160 Å². The lowest BCUT2D eigenvalue weighted by molar-refractivity contribution is -0.193. The third-order valence-corrected chi connectivity index (χ3v) is 15.2. The molecule has 632 valence electrons. The zero-order chi connectivity index (χ0) is 83.7. The van der Waals surface area contributed by atoms with Gasteiger partial charge in [0.15, 0.2) is 0 Å². The predicted molar refractivity (Wildman–Crippen MR) is 489 cm³/mol. The largest absolute Gasteiger partial charge is 0.508 e. The van der Waals surface area contributed by atoms with Crippen LogP contribution in [0.2, 0.25) is 0 Å². The van der Waals surface area contributed by atoms with Crippen molar-refractivity contribution in [2.75, 3.05) is 180 Å². The van der Waals surface area contributed by atoms with Gasteiger partial charge in [0, 0.05) is 68.3 Å². The first-order chi connectivity index (χ1) is 50.0. The van der Waals surface area contributed by atoms with Crippen LogP contribution in [0.1, 0.15) is 11.1 Å². The molecule has 0 aromatic heterocycles. The second kappa shape index (κ2) is 152. The number of hydrogen-bond donors (Lipinski definition) is 4. The Morgan fingerprint density at radius 3 is 0.731 bits per heavy atom. The molecule has 2 heterocycles. The van der Waals surface area contributed by atoms with Crippen molar-refractivity contribution in [3.05, 3.63) is 162 Å². The van der Waals surface area contributed by atoms with Crippen LogP contribution in [0.25, 0.3) is 0 Å². The SMILES string of the molecule is C1CS1.C1CS1.C=C1C=CC(=S)C=C1.C=C1C=CC(=S)C=C1.CN.CN.CO.CO.COC(=O)OCCSSC.COC(=O)OCCSSC.COC(=O)OCc1ccc(SSC)cc1.COC(=O)OCc1ccc(SSC)cc1.CSC.CSC.CSC.CSC.O=C=O.O=C=O.O=C=O.O=C=O.[CH3-].[CH3-].[CH3-].[CH3-].